The first-order valence-electron chi connectivity index (χ1n) is 4.93. The molecule has 0 unspecified atom stereocenters. The van der Waals surface area contributed by atoms with Gasteiger partial charge >= 0.3 is 6.36 Å². The van der Waals surface area contributed by atoms with Crippen molar-refractivity contribution in [3.8, 4) is 11.5 Å². The summed E-state index contributed by atoms with van der Waals surface area (Å²) in [5.74, 6) is 0.514. The minimum atomic E-state index is -4.67. The van der Waals surface area contributed by atoms with Gasteiger partial charge < -0.3 is 9.47 Å². The highest BCUT2D eigenvalue weighted by Gasteiger charge is 2.28. The lowest BCUT2D eigenvalue weighted by atomic mass is 10.2. The van der Waals surface area contributed by atoms with Gasteiger partial charge in [-0.15, -0.1) is 13.2 Å². The van der Waals surface area contributed by atoms with Gasteiger partial charge in [0.05, 0.1) is 13.7 Å². The smallest absolute Gasteiger partial charge is 0.493 e. The molecule has 18 heavy (non-hydrogen) atoms. The number of halogens is 3. The third-order valence-electron chi connectivity index (χ3n) is 1.93. The highest BCUT2D eigenvalue weighted by Crippen LogP contribution is 2.27. The summed E-state index contributed by atoms with van der Waals surface area (Å²) >= 11 is 0. The minimum absolute atomic E-state index is 0.244. The van der Waals surface area contributed by atoms with Gasteiger partial charge in [0.15, 0.2) is 11.5 Å². The molecule has 0 saturated heterocycles. The Morgan fingerprint density at radius 2 is 1.94 bits per heavy atom. The first-order valence-corrected chi connectivity index (χ1v) is 4.93. The van der Waals surface area contributed by atoms with Gasteiger partial charge in [-0.1, -0.05) is 0 Å². The normalized spacial score (nSPS) is 11.1. The average Bonchev–Trinajstić information content (AvgIpc) is 2.33. The first kappa shape index (κ1) is 14.3. The molecule has 0 aliphatic rings. The summed E-state index contributed by atoms with van der Waals surface area (Å²) in [5, 5.41) is 0. The third-order valence-corrected chi connectivity index (χ3v) is 1.93. The number of ether oxygens (including phenoxy) is 3. The van der Waals surface area contributed by atoms with Gasteiger partial charge in [-0.2, -0.15) is 0 Å². The van der Waals surface area contributed by atoms with Crippen LogP contribution in [-0.2, 0) is 4.74 Å². The van der Waals surface area contributed by atoms with Crippen LogP contribution in [0.15, 0.2) is 18.2 Å². The first-order chi connectivity index (χ1) is 8.46. The second kappa shape index (κ2) is 6.25. The van der Waals surface area contributed by atoms with Gasteiger partial charge in [-0.3, -0.25) is 9.53 Å². The van der Waals surface area contributed by atoms with Crippen molar-refractivity contribution >= 4 is 6.29 Å². The quantitative estimate of drug-likeness (QED) is 0.584. The molecule has 0 atom stereocenters. The van der Waals surface area contributed by atoms with Gasteiger partial charge in [0.2, 0.25) is 0 Å². The second-order valence-corrected chi connectivity index (χ2v) is 3.17. The zero-order valence-electron chi connectivity index (χ0n) is 9.49. The maximum absolute atomic E-state index is 11.7. The van der Waals surface area contributed by atoms with E-state index in [0.29, 0.717) is 11.8 Å². The molecule has 1 rings (SSSR count). The zero-order chi connectivity index (χ0) is 13.6. The van der Waals surface area contributed by atoms with Crippen LogP contribution in [0.5, 0.6) is 11.5 Å². The molecule has 1 aromatic carbocycles. The van der Waals surface area contributed by atoms with Crippen molar-refractivity contribution in [2.45, 2.75) is 6.36 Å². The van der Waals surface area contributed by atoms with Crippen LogP contribution in [0, 0.1) is 0 Å². The summed E-state index contributed by atoms with van der Waals surface area (Å²) in [5.41, 5.74) is 0.380. The number of carbonyl (C=O) groups excluding carboxylic acids is 1. The largest absolute Gasteiger partial charge is 0.522 e. The van der Waals surface area contributed by atoms with E-state index < -0.39 is 13.0 Å². The van der Waals surface area contributed by atoms with Gasteiger partial charge in [0, 0.05) is 5.56 Å². The Labute approximate surface area is 101 Å². The summed E-state index contributed by atoms with van der Waals surface area (Å²) in [6.07, 6.45) is -4.05. The fraction of sp³-hybridized carbons (Fsp3) is 0.364. The maximum atomic E-state index is 11.7. The molecular formula is C11H11F3O4. The molecule has 100 valence electrons. The van der Waals surface area contributed by atoms with Crippen LogP contribution in [0.4, 0.5) is 13.2 Å². The monoisotopic (exact) mass is 264 g/mol. The molecule has 0 radical (unpaired) electrons. The average molecular weight is 264 g/mol. The van der Waals surface area contributed by atoms with E-state index in [2.05, 4.69) is 4.74 Å². The lowest BCUT2D eigenvalue weighted by Gasteiger charge is -2.12. The number of methoxy groups -OCH3 is 1. The van der Waals surface area contributed by atoms with Crippen molar-refractivity contribution in [1.82, 2.24) is 0 Å². The van der Waals surface area contributed by atoms with Crippen LogP contribution >= 0.6 is 0 Å². The van der Waals surface area contributed by atoms with E-state index in [0.717, 1.165) is 0 Å². The van der Waals surface area contributed by atoms with Crippen LogP contribution in [0.3, 0.4) is 0 Å². The van der Waals surface area contributed by atoms with Crippen molar-refractivity contribution in [3.05, 3.63) is 23.8 Å². The SMILES string of the molecule is COc1cc(C=O)ccc1OCCOC(F)(F)F. The molecule has 0 aliphatic carbocycles. The fourth-order valence-electron chi connectivity index (χ4n) is 1.19. The van der Waals surface area contributed by atoms with Crippen molar-refractivity contribution in [2.24, 2.45) is 0 Å². The van der Waals surface area contributed by atoms with Crippen LogP contribution in [0.2, 0.25) is 0 Å². The Morgan fingerprint density at radius 1 is 1.22 bits per heavy atom. The Morgan fingerprint density at radius 3 is 2.50 bits per heavy atom. The second-order valence-electron chi connectivity index (χ2n) is 3.17. The van der Waals surface area contributed by atoms with E-state index in [4.69, 9.17) is 9.47 Å². The molecule has 0 bridgehead atoms. The predicted octanol–water partition coefficient (Wildman–Crippen LogP) is 2.42. The Kier molecular flexibility index (Phi) is 4.96. The molecule has 0 fully saturated rings. The van der Waals surface area contributed by atoms with Gasteiger partial charge in [0.25, 0.3) is 0 Å². The zero-order valence-corrected chi connectivity index (χ0v) is 9.49. The Hall–Kier alpha value is -1.76. The number of hydrogen-bond acceptors (Lipinski definition) is 4. The molecule has 0 saturated carbocycles. The third kappa shape index (κ3) is 4.62. The van der Waals surface area contributed by atoms with Gasteiger partial charge in [-0.25, -0.2) is 0 Å². The maximum Gasteiger partial charge on any atom is 0.522 e. The number of benzene rings is 1. The molecule has 0 N–H and O–H groups in total. The number of carbonyl (C=O) groups is 1. The van der Waals surface area contributed by atoms with Crippen molar-refractivity contribution in [1.29, 1.82) is 0 Å². The number of alkyl halides is 3. The Balaban J connectivity index is 2.54. The van der Waals surface area contributed by atoms with Crippen molar-refractivity contribution < 1.29 is 32.2 Å². The highest BCUT2D eigenvalue weighted by atomic mass is 19.4. The number of rotatable bonds is 6. The van der Waals surface area contributed by atoms with Crippen LogP contribution in [-0.4, -0.2) is 33.0 Å². The highest BCUT2D eigenvalue weighted by molar-refractivity contribution is 5.76. The van der Waals surface area contributed by atoms with Crippen LogP contribution in [0.25, 0.3) is 0 Å². The van der Waals surface area contributed by atoms with E-state index in [1.807, 2.05) is 0 Å². The molecule has 0 aliphatic heterocycles. The van der Waals surface area contributed by atoms with Crippen LogP contribution in [0.1, 0.15) is 10.4 Å². The number of aldehydes is 1. The summed E-state index contributed by atoms with van der Waals surface area (Å²) < 4.78 is 48.6. The molecule has 0 spiro atoms. The summed E-state index contributed by atoms with van der Waals surface area (Å²) in [6, 6.07) is 4.33. The van der Waals surface area contributed by atoms with Gasteiger partial charge in [-0.05, 0) is 18.2 Å². The van der Waals surface area contributed by atoms with Crippen molar-refractivity contribution in [3.63, 3.8) is 0 Å². The molecule has 0 heterocycles. The van der Waals surface area contributed by atoms with Gasteiger partial charge in [0.1, 0.15) is 12.9 Å². The van der Waals surface area contributed by atoms with E-state index in [1.54, 1.807) is 0 Å². The van der Waals surface area contributed by atoms with Crippen LogP contribution < -0.4 is 9.47 Å². The topological polar surface area (TPSA) is 44.8 Å². The molecular weight excluding hydrogens is 253 g/mol. The van der Waals surface area contributed by atoms with Crippen molar-refractivity contribution in [2.75, 3.05) is 20.3 Å². The molecule has 0 amide bonds. The molecule has 0 aromatic heterocycles. The summed E-state index contributed by atoms with van der Waals surface area (Å²) in [7, 11) is 1.36. The standard InChI is InChI=1S/C11H11F3O4/c1-16-10-6-8(7-15)2-3-9(10)17-4-5-18-11(12,13)14/h2-3,6-7H,4-5H2,1H3. The molecule has 4 nitrogen and oxygen atoms in total. The van der Waals surface area contributed by atoms with E-state index in [-0.39, 0.29) is 18.1 Å². The van der Waals surface area contributed by atoms with E-state index >= 15 is 0 Å². The molecule has 1 aromatic rings. The van der Waals surface area contributed by atoms with E-state index in [1.165, 1.54) is 25.3 Å². The number of hydrogen-bond donors (Lipinski definition) is 0. The lowest BCUT2D eigenvalue weighted by molar-refractivity contribution is -0.325. The molecule has 7 heteroatoms. The van der Waals surface area contributed by atoms with E-state index in [9.17, 15) is 18.0 Å². The Bertz CT molecular complexity index is 404. The predicted molar refractivity (Wildman–Crippen MR) is 55.9 cm³/mol. The summed E-state index contributed by atoms with van der Waals surface area (Å²) in [6.45, 7) is -0.904. The fourth-order valence-corrected chi connectivity index (χ4v) is 1.19. The lowest BCUT2D eigenvalue weighted by Crippen LogP contribution is -2.18. The minimum Gasteiger partial charge on any atom is -0.493 e. The summed E-state index contributed by atoms with van der Waals surface area (Å²) in [4.78, 5) is 10.5.